The Labute approximate surface area is 150 Å². The van der Waals surface area contributed by atoms with E-state index in [1.807, 2.05) is 6.07 Å². The largest absolute Gasteiger partial charge is 0.380 e. The smallest absolute Gasteiger partial charge is 0.255 e. The third-order valence-electron chi connectivity index (χ3n) is 3.76. The zero-order valence-electron chi connectivity index (χ0n) is 13.7. The molecule has 2 aromatic carbocycles. The highest BCUT2D eigenvalue weighted by molar-refractivity contribution is 6.04. The van der Waals surface area contributed by atoms with E-state index in [0.29, 0.717) is 23.5 Å². The Hall–Kier alpha value is -3.72. The van der Waals surface area contributed by atoms with Gasteiger partial charge in [-0.15, -0.1) is 0 Å². The van der Waals surface area contributed by atoms with Crippen LogP contribution in [0.2, 0.25) is 0 Å². The van der Waals surface area contributed by atoms with E-state index in [9.17, 15) is 9.18 Å². The maximum atomic E-state index is 13.6. The second kappa shape index (κ2) is 7.90. The summed E-state index contributed by atoms with van der Waals surface area (Å²) in [7, 11) is 0. The van der Waals surface area contributed by atoms with Gasteiger partial charge in [-0.3, -0.25) is 9.78 Å². The molecule has 0 atom stereocenters. The minimum atomic E-state index is -0.555. The Balaban J connectivity index is 1.64. The normalized spacial score (nSPS) is 10.0. The third-order valence-corrected chi connectivity index (χ3v) is 3.76. The van der Waals surface area contributed by atoms with Crippen LogP contribution in [0.15, 0.2) is 67.0 Å². The van der Waals surface area contributed by atoms with Crippen LogP contribution in [0.25, 0.3) is 0 Å². The minimum absolute atomic E-state index is 0.0131. The van der Waals surface area contributed by atoms with Crippen molar-refractivity contribution in [3.63, 3.8) is 0 Å². The first-order valence-electron chi connectivity index (χ1n) is 7.90. The van der Waals surface area contributed by atoms with Gasteiger partial charge >= 0.3 is 0 Å². The second-order valence-electron chi connectivity index (χ2n) is 5.51. The molecule has 0 bridgehead atoms. The Morgan fingerprint density at radius 3 is 2.50 bits per heavy atom. The van der Waals surface area contributed by atoms with Crippen LogP contribution in [0.5, 0.6) is 0 Å². The summed E-state index contributed by atoms with van der Waals surface area (Å²) in [6.07, 6.45) is 3.21. The molecular weight excluding hydrogens is 331 g/mol. The monoisotopic (exact) mass is 346 g/mol. The van der Waals surface area contributed by atoms with Crippen LogP contribution in [-0.4, -0.2) is 10.9 Å². The van der Waals surface area contributed by atoms with Gasteiger partial charge in [0, 0.05) is 30.2 Å². The Morgan fingerprint density at radius 1 is 1.08 bits per heavy atom. The number of pyridine rings is 1. The predicted molar refractivity (Wildman–Crippen MR) is 97.1 cm³/mol. The van der Waals surface area contributed by atoms with Gasteiger partial charge in [0.15, 0.2) is 0 Å². The topological polar surface area (TPSA) is 77.8 Å². The summed E-state index contributed by atoms with van der Waals surface area (Å²) in [5.74, 6) is -0.770. The molecule has 0 unspecified atom stereocenters. The zero-order valence-corrected chi connectivity index (χ0v) is 13.7. The first kappa shape index (κ1) is 17.1. The molecule has 6 heteroatoms. The molecular formula is C20H15FN4O. The number of nitrogens with one attached hydrogen (secondary N) is 2. The summed E-state index contributed by atoms with van der Waals surface area (Å²) in [5, 5.41) is 14.9. The van der Waals surface area contributed by atoms with Crippen LogP contribution in [-0.2, 0) is 6.54 Å². The first-order valence-corrected chi connectivity index (χ1v) is 7.90. The number of benzene rings is 2. The molecule has 0 aliphatic heterocycles. The highest BCUT2D eigenvalue weighted by atomic mass is 19.1. The number of rotatable bonds is 5. The van der Waals surface area contributed by atoms with E-state index in [1.54, 1.807) is 60.9 Å². The van der Waals surface area contributed by atoms with Gasteiger partial charge < -0.3 is 10.6 Å². The van der Waals surface area contributed by atoms with Gasteiger partial charge in [-0.2, -0.15) is 5.26 Å². The molecule has 1 amide bonds. The summed E-state index contributed by atoms with van der Waals surface area (Å²) >= 11 is 0. The number of halogens is 1. The molecule has 0 radical (unpaired) electrons. The van der Waals surface area contributed by atoms with Crippen LogP contribution in [0.4, 0.5) is 15.8 Å². The Kier molecular flexibility index (Phi) is 5.20. The van der Waals surface area contributed by atoms with Crippen LogP contribution in [0.1, 0.15) is 21.5 Å². The van der Waals surface area contributed by atoms with Crippen molar-refractivity contribution in [2.75, 3.05) is 10.6 Å². The number of aromatic nitrogens is 1. The van der Waals surface area contributed by atoms with Gasteiger partial charge in [0.05, 0.1) is 5.69 Å². The molecule has 3 aromatic rings. The standard InChI is InChI=1S/C20H15FN4O/c21-18-2-1-3-19(17(18)12-22)24-13-14-4-6-15(7-5-14)20(26)25-16-8-10-23-11-9-16/h1-11,24H,13H2,(H,23,25,26). The van der Waals surface area contributed by atoms with E-state index < -0.39 is 5.82 Å². The maximum Gasteiger partial charge on any atom is 0.255 e. The average molecular weight is 346 g/mol. The Bertz CT molecular complexity index is 950. The lowest BCUT2D eigenvalue weighted by atomic mass is 10.1. The number of hydrogen-bond donors (Lipinski definition) is 2. The van der Waals surface area contributed by atoms with Gasteiger partial charge in [-0.1, -0.05) is 18.2 Å². The van der Waals surface area contributed by atoms with Gasteiger partial charge in [0.2, 0.25) is 0 Å². The summed E-state index contributed by atoms with van der Waals surface area (Å²) in [4.78, 5) is 16.1. The Morgan fingerprint density at radius 2 is 1.81 bits per heavy atom. The van der Waals surface area contributed by atoms with Crippen LogP contribution in [0.3, 0.4) is 0 Å². The fourth-order valence-corrected chi connectivity index (χ4v) is 2.39. The molecule has 0 saturated heterocycles. The van der Waals surface area contributed by atoms with E-state index in [4.69, 9.17) is 5.26 Å². The molecule has 0 fully saturated rings. The van der Waals surface area contributed by atoms with Crippen molar-refractivity contribution in [3.8, 4) is 6.07 Å². The number of anilines is 2. The third kappa shape index (κ3) is 4.02. The van der Waals surface area contributed by atoms with Crippen molar-refractivity contribution in [2.24, 2.45) is 0 Å². The highest BCUT2D eigenvalue weighted by Gasteiger charge is 2.08. The fourth-order valence-electron chi connectivity index (χ4n) is 2.39. The maximum absolute atomic E-state index is 13.6. The first-order chi connectivity index (χ1) is 12.7. The predicted octanol–water partition coefficient (Wildman–Crippen LogP) is 3.96. The quantitative estimate of drug-likeness (QED) is 0.733. The number of nitriles is 1. The minimum Gasteiger partial charge on any atom is -0.380 e. The SMILES string of the molecule is N#Cc1c(F)cccc1NCc1ccc(C(=O)Nc2ccncc2)cc1. The fraction of sp³-hybridized carbons (Fsp3) is 0.0500. The molecule has 5 nitrogen and oxygen atoms in total. The van der Waals surface area contributed by atoms with Crippen LogP contribution < -0.4 is 10.6 Å². The molecule has 0 saturated carbocycles. The highest BCUT2D eigenvalue weighted by Crippen LogP contribution is 2.19. The summed E-state index contributed by atoms with van der Waals surface area (Å²) < 4.78 is 13.6. The number of carbonyl (C=O) groups is 1. The summed E-state index contributed by atoms with van der Waals surface area (Å²) in [6.45, 7) is 0.407. The summed E-state index contributed by atoms with van der Waals surface area (Å²) in [5.41, 5.74) is 2.52. The molecule has 128 valence electrons. The molecule has 0 aliphatic carbocycles. The van der Waals surface area contributed by atoms with Crippen molar-refractivity contribution in [2.45, 2.75) is 6.54 Å². The zero-order chi connectivity index (χ0) is 18.4. The van der Waals surface area contributed by atoms with E-state index in [1.165, 1.54) is 6.07 Å². The van der Waals surface area contributed by atoms with Crippen LogP contribution in [0, 0.1) is 17.1 Å². The molecule has 2 N–H and O–H groups in total. The number of hydrogen-bond acceptors (Lipinski definition) is 4. The molecule has 0 aliphatic rings. The van der Waals surface area contributed by atoms with E-state index in [-0.39, 0.29) is 11.5 Å². The van der Waals surface area contributed by atoms with Crippen molar-refractivity contribution < 1.29 is 9.18 Å². The average Bonchev–Trinajstić information content (AvgIpc) is 2.67. The van der Waals surface area contributed by atoms with Crippen LogP contribution >= 0.6 is 0 Å². The van der Waals surface area contributed by atoms with Gasteiger partial charge in [-0.05, 0) is 42.0 Å². The van der Waals surface area contributed by atoms with Gasteiger partial charge in [0.25, 0.3) is 5.91 Å². The van der Waals surface area contributed by atoms with Crippen molar-refractivity contribution in [3.05, 3.63) is 89.5 Å². The van der Waals surface area contributed by atoms with Crippen molar-refractivity contribution in [1.29, 1.82) is 5.26 Å². The second-order valence-corrected chi connectivity index (χ2v) is 5.51. The molecule has 1 heterocycles. The summed E-state index contributed by atoms with van der Waals surface area (Å²) in [6, 6.07) is 16.8. The molecule has 3 rings (SSSR count). The lowest BCUT2D eigenvalue weighted by Crippen LogP contribution is -2.12. The lowest BCUT2D eigenvalue weighted by Gasteiger charge is -2.09. The number of amides is 1. The van der Waals surface area contributed by atoms with Crippen molar-refractivity contribution in [1.82, 2.24) is 4.98 Å². The molecule has 1 aromatic heterocycles. The van der Waals surface area contributed by atoms with Crippen molar-refractivity contribution >= 4 is 17.3 Å². The van der Waals surface area contributed by atoms with Gasteiger partial charge in [0.1, 0.15) is 17.4 Å². The van der Waals surface area contributed by atoms with E-state index in [0.717, 1.165) is 5.56 Å². The molecule has 26 heavy (non-hydrogen) atoms. The van der Waals surface area contributed by atoms with E-state index in [2.05, 4.69) is 15.6 Å². The number of carbonyl (C=O) groups excluding carboxylic acids is 1. The number of nitrogens with zero attached hydrogens (tertiary/aromatic N) is 2. The molecule has 0 spiro atoms. The lowest BCUT2D eigenvalue weighted by molar-refractivity contribution is 0.102. The van der Waals surface area contributed by atoms with E-state index >= 15 is 0 Å². The van der Waals surface area contributed by atoms with Gasteiger partial charge in [-0.25, -0.2) is 4.39 Å².